The van der Waals surface area contributed by atoms with Crippen molar-refractivity contribution >= 4 is 11.6 Å². The van der Waals surface area contributed by atoms with Crippen LogP contribution in [0.25, 0.3) is 0 Å². The lowest BCUT2D eigenvalue weighted by atomic mass is 10.5. The van der Waals surface area contributed by atoms with Gasteiger partial charge in [0.05, 0.1) is 18.4 Å². The highest BCUT2D eigenvalue weighted by atomic mass is 16.2. The van der Waals surface area contributed by atoms with E-state index in [1.54, 1.807) is 6.20 Å². The maximum atomic E-state index is 11.1. The van der Waals surface area contributed by atoms with Crippen LogP contribution in [-0.4, -0.2) is 22.2 Å². The van der Waals surface area contributed by atoms with Gasteiger partial charge < -0.3 is 11.1 Å². The molecule has 0 unspecified atom stereocenters. The number of hydrogen-bond donors (Lipinski definition) is 2. The molecular formula is C8H10N4O. The van der Waals surface area contributed by atoms with E-state index in [0.29, 0.717) is 5.69 Å². The van der Waals surface area contributed by atoms with Crippen LogP contribution >= 0.6 is 0 Å². The molecule has 1 aromatic heterocycles. The molecule has 0 atom stereocenters. The monoisotopic (exact) mass is 178 g/mol. The van der Waals surface area contributed by atoms with Crippen LogP contribution in [0.15, 0.2) is 12.4 Å². The van der Waals surface area contributed by atoms with Crippen molar-refractivity contribution in [2.24, 2.45) is 0 Å². The Morgan fingerprint density at radius 1 is 1.85 bits per heavy atom. The molecule has 13 heavy (non-hydrogen) atoms. The summed E-state index contributed by atoms with van der Waals surface area (Å²) in [6.45, 7) is 0.370. The van der Waals surface area contributed by atoms with E-state index in [1.165, 1.54) is 10.9 Å². The first-order chi connectivity index (χ1) is 6.22. The molecule has 1 aromatic rings. The fourth-order valence-electron chi connectivity index (χ4n) is 0.819. The summed E-state index contributed by atoms with van der Waals surface area (Å²) >= 11 is 0. The van der Waals surface area contributed by atoms with Crippen molar-refractivity contribution in [3.63, 3.8) is 0 Å². The number of nitrogens with two attached hydrogens (primary N) is 1. The van der Waals surface area contributed by atoms with Crippen LogP contribution in [-0.2, 0) is 11.3 Å². The maximum Gasteiger partial charge on any atom is 0.242 e. The molecule has 1 heterocycles. The van der Waals surface area contributed by atoms with Gasteiger partial charge in [-0.15, -0.1) is 6.42 Å². The maximum absolute atomic E-state index is 11.1. The molecule has 3 N–H and O–H groups in total. The number of carbonyl (C=O) groups is 1. The van der Waals surface area contributed by atoms with Gasteiger partial charge in [-0.1, -0.05) is 5.92 Å². The van der Waals surface area contributed by atoms with Gasteiger partial charge in [0.1, 0.15) is 6.54 Å². The molecule has 0 aromatic carbocycles. The molecule has 0 fully saturated rings. The summed E-state index contributed by atoms with van der Waals surface area (Å²) in [5.74, 6) is 2.12. The van der Waals surface area contributed by atoms with E-state index in [9.17, 15) is 4.79 Å². The summed E-state index contributed by atoms with van der Waals surface area (Å²) in [5, 5.41) is 6.36. The Hall–Kier alpha value is -1.96. The van der Waals surface area contributed by atoms with Gasteiger partial charge in [0.2, 0.25) is 5.91 Å². The first kappa shape index (κ1) is 9.13. The van der Waals surface area contributed by atoms with Crippen LogP contribution in [0.1, 0.15) is 0 Å². The van der Waals surface area contributed by atoms with E-state index >= 15 is 0 Å². The molecule has 5 heteroatoms. The third-order valence-electron chi connectivity index (χ3n) is 1.35. The van der Waals surface area contributed by atoms with Crippen molar-refractivity contribution < 1.29 is 4.79 Å². The van der Waals surface area contributed by atoms with E-state index in [4.69, 9.17) is 12.2 Å². The minimum atomic E-state index is -0.180. The Morgan fingerprint density at radius 2 is 2.62 bits per heavy atom. The SMILES string of the molecule is C#CCNC(=O)Cn1cc(N)cn1. The molecule has 0 saturated heterocycles. The lowest BCUT2D eigenvalue weighted by Crippen LogP contribution is -2.27. The highest BCUT2D eigenvalue weighted by molar-refractivity contribution is 5.75. The number of nitrogens with one attached hydrogen (secondary N) is 1. The first-order valence-corrected chi connectivity index (χ1v) is 3.70. The van der Waals surface area contributed by atoms with E-state index in [1.807, 2.05) is 0 Å². The number of anilines is 1. The van der Waals surface area contributed by atoms with Gasteiger partial charge in [-0.2, -0.15) is 5.10 Å². The average molecular weight is 178 g/mol. The Morgan fingerprint density at radius 3 is 3.15 bits per heavy atom. The molecule has 5 nitrogen and oxygen atoms in total. The number of amides is 1. The summed E-state index contributed by atoms with van der Waals surface area (Å²) in [4.78, 5) is 11.1. The van der Waals surface area contributed by atoms with Crippen LogP contribution in [0, 0.1) is 12.3 Å². The minimum absolute atomic E-state index is 0.138. The zero-order valence-electron chi connectivity index (χ0n) is 7.03. The second-order valence-corrected chi connectivity index (χ2v) is 2.45. The highest BCUT2D eigenvalue weighted by Crippen LogP contribution is 1.96. The van der Waals surface area contributed by atoms with E-state index in [-0.39, 0.29) is 19.0 Å². The minimum Gasteiger partial charge on any atom is -0.396 e. The molecule has 0 aliphatic rings. The predicted octanol–water partition coefficient (Wildman–Crippen LogP) is -0.785. The topological polar surface area (TPSA) is 72.9 Å². The number of nitrogens with zero attached hydrogens (tertiary/aromatic N) is 2. The van der Waals surface area contributed by atoms with Crippen LogP contribution in [0.2, 0.25) is 0 Å². The zero-order valence-corrected chi connectivity index (χ0v) is 7.03. The highest BCUT2D eigenvalue weighted by Gasteiger charge is 2.01. The van der Waals surface area contributed by atoms with Crippen molar-refractivity contribution in [2.45, 2.75) is 6.54 Å². The van der Waals surface area contributed by atoms with Crippen molar-refractivity contribution in [3.05, 3.63) is 12.4 Å². The normalized spacial score (nSPS) is 9.15. The van der Waals surface area contributed by atoms with Crippen LogP contribution < -0.4 is 11.1 Å². The summed E-state index contributed by atoms with van der Waals surface area (Å²) in [6, 6.07) is 0. The van der Waals surface area contributed by atoms with Crippen molar-refractivity contribution in [1.29, 1.82) is 0 Å². The third-order valence-corrected chi connectivity index (χ3v) is 1.35. The van der Waals surface area contributed by atoms with E-state index in [0.717, 1.165) is 0 Å². The first-order valence-electron chi connectivity index (χ1n) is 3.70. The number of hydrogen-bond acceptors (Lipinski definition) is 3. The van der Waals surface area contributed by atoms with E-state index in [2.05, 4.69) is 16.3 Å². The number of aromatic nitrogens is 2. The predicted molar refractivity (Wildman–Crippen MR) is 48.5 cm³/mol. The van der Waals surface area contributed by atoms with Crippen LogP contribution in [0.3, 0.4) is 0 Å². The Bertz CT molecular complexity index is 336. The van der Waals surface area contributed by atoms with E-state index < -0.39 is 0 Å². The van der Waals surface area contributed by atoms with Crippen LogP contribution in [0.5, 0.6) is 0 Å². The summed E-state index contributed by atoms with van der Waals surface area (Å²) in [7, 11) is 0. The number of rotatable bonds is 3. The fourth-order valence-corrected chi connectivity index (χ4v) is 0.819. The number of terminal acetylenes is 1. The standard InChI is InChI=1S/C8H10N4O/c1-2-3-10-8(13)6-12-5-7(9)4-11-12/h1,4-5H,3,6,9H2,(H,10,13). The number of nitrogen functional groups attached to an aromatic ring is 1. The van der Waals surface area contributed by atoms with Gasteiger partial charge in [-0.05, 0) is 0 Å². The lowest BCUT2D eigenvalue weighted by Gasteiger charge is -2.00. The lowest BCUT2D eigenvalue weighted by molar-refractivity contribution is -0.121. The largest absolute Gasteiger partial charge is 0.396 e. The van der Waals surface area contributed by atoms with Gasteiger partial charge in [0, 0.05) is 6.20 Å². The molecule has 0 saturated carbocycles. The second-order valence-electron chi connectivity index (χ2n) is 2.45. The van der Waals surface area contributed by atoms with Crippen LogP contribution in [0.4, 0.5) is 5.69 Å². The second kappa shape index (κ2) is 4.16. The van der Waals surface area contributed by atoms with Gasteiger partial charge >= 0.3 is 0 Å². The molecule has 1 amide bonds. The average Bonchev–Trinajstić information content (AvgIpc) is 2.48. The molecule has 68 valence electrons. The third kappa shape index (κ3) is 2.87. The smallest absolute Gasteiger partial charge is 0.242 e. The molecule has 0 spiro atoms. The Labute approximate surface area is 75.9 Å². The summed E-state index contributed by atoms with van der Waals surface area (Å²) in [6.07, 6.45) is 8.03. The summed E-state index contributed by atoms with van der Waals surface area (Å²) in [5.41, 5.74) is 5.94. The quantitative estimate of drug-likeness (QED) is 0.596. The van der Waals surface area contributed by atoms with Crippen molar-refractivity contribution in [2.75, 3.05) is 12.3 Å². The van der Waals surface area contributed by atoms with Crippen molar-refractivity contribution in [1.82, 2.24) is 15.1 Å². The van der Waals surface area contributed by atoms with Gasteiger partial charge in [-0.25, -0.2) is 0 Å². The molecule has 0 aliphatic carbocycles. The fraction of sp³-hybridized carbons (Fsp3) is 0.250. The number of carbonyl (C=O) groups excluding carboxylic acids is 1. The molecule has 0 aliphatic heterocycles. The zero-order chi connectivity index (χ0) is 9.68. The van der Waals surface area contributed by atoms with Gasteiger partial charge in [0.25, 0.3) is 0 Å². The Kier molecular flexibility index (Phi) is 2.92. The van der Waals surface area contributed by atoms with Crippen molar-refractivity contribution in [3.8, 4) is 12.3 Å². The summed E-state index contributed by atoms with van der Waals surface area (Å²) < 4.78 is 1.45. The molecular weight excluding hydrogens is 168 g/mol. The Balaban J connectivity index is 2.41. The molecule has 1 rings (SSSR count). The molecule has 0 radical (unpaired) electrons. The van der Waals surface area contributed by atoms with Gasteiger partial charge in [0.15, 0.2) is 0 Å². The molecule has 0 bridgehead atoms. The van der Waals surface area contributed by atoms with Gasteiger partial charge in [-0.3, -0.25) is 9.48 Å².